The van der Waals surface area contributed by atoms with Crippen LogP contribution in [-0.2, 0) is 0 Å². The van der Waals surface area contributed by atoms with Gasteiger partial charge in [0.05, 0.1) is 0 Å². The number of aryl methyl sites for hydroxylation is 1. The molecule has 0 N–H and O–H groups in total. The van der Waals surface area contributed by atoms with Crippen LogP contribution < -0.4 is 9.80 Å². The van der Waals surface area contributed by atoms with Crippen LogP contribution in [0.1, 0.15) is 44.0 Å². The summed E-state index contributed by atoms with van der Waals surface area (Å²) in [5.41, 5.74) is 2.13. The molecule has 0 aromatic carbocycles. The van der Waals surface area contributed by atoms with Crippen LogP contribution in [0.4, 0.5) is 11.5 Å². The Morgan fingerprint density at radius 3 is 2.40 bits per heavy atom. The number of rotatable bonds is 4. The van der Waals surface area contributed by atoms with Gasteiger partial charge in [-0.1, -0.05) is 25.3 Å². The van der Waals surface area contributed by atoms with E-state index < -0.39 is 0 Å². The van der Waals surface area contributed by atoms with E-state index in [9.17, 15) is 0 Å². The van der Waals surface area contributed by atoms with E-state index in [1.165, 1.54) is 37.8 Å². The van der Waals surface area contributed by atoms with Crippen LogP contribution in [-0.4, -0.2) is 50.9 Å². The highest BCUT2D eigenvalue weighted by molar-refractivity contribution is 5.60. The van der Waals surface area contributed by atoms with Gasteiger partial charge in [-0.3, -0.25) is 4.98 Å². The van der Waals surface area contributed by atoms with E-state index in [1.54, 1.807) is 0 Å². The van der Waals surface area contributed by atoms with Crippen molar-refractivity contribution in [2.45, 2.75) is 45.1 Å². The molecule has 7 heteroatoms. The molecule has 5 rings (SSSR count). The molecule has 2 fully saturated rings. The highest BCUT2D eigenvalue weighted by Gasteiger charge is 2.24. The second kappa shape index (κ2) is 8.42. The molecule has 2 aliphatic rings. The van der Waals surface area contributed by atoms with Crippen molar-refractivity contribution < 1.29 is 0 Å². The first-order valence-electron chi connectivity index (χ1n) is 11.1. The summed E-state index contributed by atoms with van der Waals surface area (Å²) < 4.78 is 2.32. The van der Waals surface area contributed by atoms with Crippen LogP contribution >= 0.6 is 0 Å². The molecule has 30 heavy (non-hydrogen) atoms. The molecule has 1 saturated heterocycles. The van der Waals surface area contributed by atoms with E-state index in [4.69, 9.17) is 0 Å². The van der Waals surface area contributed by atoms with Crippen molar-refractivity contribution in [2.75, 3.05) is 36.0 Å². The molecule has 7 nitrogen and oxygen atoms in total. The molecule has 0 amide bonds. The average Bonchev–Trinajstić information content (AvgIpc) is 3.22. The normalized spacial score (nSPS) is 18.0. The van der Waals surface area contributed by atoms with Crippen molar-refractivity contribution in [1.29, 1.82) is 0 Å². The van der Waals surface area contributed by atoms with Gasteiger partial charge < -0.3 is 14.4 Å². The lowest BCUT2D eigenvalue weighted by Gasteiger charge is -2.36. The van der Waals surface area contributed by atoms with Crippen molar-refractivity contribution >= 4 is 11.5 Å². The van der Waals surface area contributed by atoms with Crippen molar-refractivity contribution in [3.63, 3.8) is 0 Å². The maximum absolute atomic E-state index is 4.67. The molecule has 3 aromatic rings. The molecule has 0 spiro atoms. The molecule has 0 bridgehead atoms. The van der Waals surface area contributed by atoms with Gasteiger partial charge in [0.2, 0.25) is 0 Å². The number of hydrogen-bond acceptors (Lipinski definition) is 6. The molecular formula is C23H29N7. The highest BCUT2D eigenvalue weighted by atomic mass is 15.3. The standard InChI is InChI=1S/C23H29N7/c1-18-26-27-23(30(18)19-7-3-2-4-8-19)21-17-20(10-12-24-21)28-13-15-29(16-14-28)22-9-5-6-11-25-22/h5-6,9-12,17,19H,2-4,7-8,13-16H2,1H3. The molecular weight excluding hydrogens is 374 g/mol. The summed E-state index contributed by atoms with van der Waals surface area (Å²) >= 11 is 0. The summed E-state index contributed by atoms with van der Waals surface area (Å²) in [4.78, 5) is 13.9. The average molecular weight is 404 g/mol. The van der Waals surface area contributed by atoms with E-state index in [2.05, 4.69) is 59.7 Å². The fraction of sp³-hybridized carbons (Fsp3) is 0.478. The first-order chi connectivity index (χ1) is 14.8. The van der Waals surface area contributed by atoms with Crippen molar-refractivity contribution in [2.24, 2.45) is 0 Å². The van der Waals surface area contributed by atoms with E-state index in [1.807, 2.05) is 24.5 Å². The Hall–Kier alpha value is -2.96. The lowest BCUT2D eigenvalue weighted by atomic mass is 9.95. The van der Waals surface area contributed by atoms with Gasteiger partial charge in [-0.2, -0.15) is 0 Å². The Kier molecular flexibility index (Phi) is 5.34. The number of anilines is 2. The number of aromatic nitrogens is 5. The first kappa shape index (κ1) is 19.0. The predicted molar refractivity (Wildman–Crippen MR) is 119 cm³/mol. The number of hydrogen-bond donors (Lipinski definition) is 0. The van der Waals surface area contributed by atoms with Gasteiger partial charge in [-0.05, 0) is 44.0 Å². The maximum atomic E-state index is 4.67. The van der Waals surface area contributed by atoms with Crippen LogP contribution in [0.5, 0.6) is 0 Å². The first-order valence-corrected chi connectivity index (χ1v) is 11.1. The Morgan fingerprint density at radius 2 is 1.63 bits per heavy atom. The summed E-state index contributed by atoms with van der Waals surface area (Å²) in [6.45, 7) is 5.92. The lowest BCUT2D eigenvalue weighted by Crippen LogP contribution is -2.46. The molecule has 0 unspecified atom stereocenters. The van der Waals surface area contributed by atoms with Gasteiger partial charge in [0.15, 0.2) is 5.82 Å². The van der Waals surface area contributed by atoms with Crippen LogP contribution in [0.15, 0.2) is 42.7 Å². The van der Waals surface area contributed by atoms with Crippen LogP contribution in [0.3, 0.4) is 0 Å². The summed E-state index contributed by atoms with van der Waals surface area (Å²) in [7, 11) is 0. The minimum absolute atomic E-state index is 0.496. The zero-order valence-corrected chi connectivity index (χ0v) is 17.6. The Morgan fingerprint density at radius 1 is 0.833 bits per heavy atom. The third kappa shape index (κ3) is 3.76. The fourth-order valence-electron chi connectivity index (χ4n) is 4.79. The van der Waals surface area contributed by atoms with Crippen LogP contribution in [0, 0.1) is 6.92 Å². The molecule has 4 heterocycles. The number of nitrogens with zero attached hydrogens (tertiary/aromatic N) is 7. The highest BCUT2D eigenvalue weighted by Crippen LogP contribution is 2.33. The zero-order chi connectivity index (χ0) is 20.3. The van der Waals surface area contributed by atoms with Gasteiger partial charge in [0.1, 0.15) is 17.3 Å². The largest absolute Gasteiger partial charge is 0.368 e. The van der Waals surface area contributed by atoms with Gasteiger partial charge >= 0.3 is 0 Å². The summed E-state index contributed by atoms with van der Waals surface area (Å²) in [6.07, 6.45) is 10.1. The number of pyridine rings is 2. The minimum Gasteiger partial charge on any atom is -0.368 e. The minimum atomic E-state index is 0.496. The van der Waals surface area contributed by atoms with Crippen molar-refractivity contribution in [3.05, 3.63) is 48.5 Å². The summed E-state index contributed by atoms with van der Waals surface area (Å²) in [5, 5.41) is 8.91. The Labute approximate surface area is 177 Å². The van der Waals surface area contributed by atoms with E-state index in [-0.39, 0.29) is 0 Å². The van der Waals surface area contributed by atoms with Crippen LogP contribution in [0.25, 0.3) is 11.5 Å². The van der Waals surface area contributed by atoms with E-state index in [0.717, 1.165) is 49.3 Å². The predicted octanol–water partition coefficient (Wildman–Crippen LogP) is 3.88. The third-order valence-corrected chi connectivity index (χ3v) is 6.40. The topological polar surface area (TPSA) is 63.0 Å². The van der Waals surface area contributed by atoms with Gasteiger partial charge in [0.25, 0.3) is 0 Å². The maximum Gasteiger partial charge on any atom is 0.182 e. The molecule has 0 atom stereocenters. The quantitative estimate of drug-likeness (QED) is 0.659. The molecule has 3 aromatic heterocycles. The fourth-order valence-corrected chi connectivity index (χ4v) is 4.79. The smallest absolute Gasteiger partial charge is 0.182 e. The second-order valence-corrected chi connectivity index (χ2v) is 8.29. The lowest BCUT2D eigenvalue weighted by molar-refractivity contribution is 0.350. The molecule has 1 aliphatic heterocycles. The molecule has 0 radical (unpaired) electrons. The van der Waals surface area contributed by atoms with Crippen LogP contribution in [0.2, 0.25) is 0 Å². The van der Waals surface area contributed by atoms with Gasteiger partial charge in [-0.25, -0.2) is 4.98 Å². The van der Waals surface area contributed by atoms with Gasteiger partial charge in [0, 0.05) is 50.3 Å². The Bertz CT molecular complexity index is 970. The Balaban J connectivity index is 1.35. The number of piperazine rings is 1. The van der Waals surface area contributed by atoms with Gasteiger partial charge in [-0.15, -0.1) is 10.2 Å². The monoisotopic (exact) mass is 403 g/mol. The molecule has 1 aliphatic carbocycles. The van der Waals surface area contributed by atoms with E-state index in [0.29, 0.717) is 6.04 Å². The second-order valence-electron chi connectivity index (χ2n) is 8.29. The zero-order valence-electron chi connectivity index (χ0n) is 17.6. The molecule has 1 saturated carbocycles. The van der Waals surface area contributed by atoms with Crippen molar-refractivity contribution in [3.8, 4) is 11.5 Å². The summed E-state index contributed by atoms with van der Waals surface area (Å²) in [6, 6.07) is 10.9. The van der Waals surface area contributed by atoms with Crippen molar-refractivity contribution in [1.82, 2.24) is 24.7 Å². The molecule has 156 valence electrons. The van der Waals surface area contributed by atoms with E-state index >= 15 is 0 Å². The summed E-state index contributed by atoms with van der Waals surface area (Å²) in [5.74, 6) is 2.96. The SMILES string of the molecule is Cc1nnc(-c2cc(N3CCN(c4ccccn4)CC3)ccn2)n1C1CCCCC1. The third-order valence-electron chi connectivity index (χ3n) is 6.40.